The number of aromatic nitrogens is 3. The van der Waals surface area contributed by atoms with Crippen molar-refractivity contribution in [1.29, 1.82) is 0 Å². The molecule has 0 spiro atoms. The summed E-state index contributed by atoms with van der Waals surface area (Å²) < 4.78 is 2.01. The maximum absolute atomic E-state index is 4.34. The minimum atomic E-state index is 0. The maximum atomic E-state index is 4.34. The van der Waals surface area contributed by atoms with E-state index in [1.54, 1.807) is 12.7 Å². The van der Waals surface area contributed by atoms with Crippen molar-refractivity contribution in [2.24, 2.45) is 10.4 Å². The highest BCUT2D eigenvalue weighted by atomic mass is 127. The third-order valence-electron chi connectivity index (χ3n) is 4.51. The Morgan fingerprint density at radius 2 is 1.87 bits per heavy atom. The fourth-order valence-electron chi connectivity index (χ4n) is 2.90. The molecule has 0 aromatic carbocycles. The van der Waals surface area contributed by atoms with Gasteiger partial charge in [0.1, 0.15) is 12.7 Å². The number of hydrogen-bond donors (Lipinski definition) is 2. The first-order valence-corrected chi connectivity index (χ1v) is 8.39. The van der Waals surface area contributed by atoms with E-state index in [-0.39, 0.29) is 24.0 Å². The van der Waals surface area contributed by atoms with Gasteiger partial charge in [0.15, 0.2) is 5.96 Å². The third kappa shape index (κ3) is 7.50. The van der Waals surface area contributed by atoms with Crippen molar-refractivity contribution in [2.75, 3.05) is 13.6 Å². The zero-order valence-electron chi connectivity index (χ0n) is 14.6. The predicted molar refractivity (Wildman–Crippen MR) is 105 cm³/mol. The SMILES string of the molecule is CN=C(NCCCCn1cnnc1)NC1CCC(C)(C)CC1.I. The van der Waals surface area contributed by atoms with E-state index < -0.39 is 0 Å². The predicted octanol–water partition coefficient (Wildman–Crippen LogP) is 2.81. The second kappa shape index (κ2) is 10.1. The van der Waals surface area contributed by atoms with Gasteiger partial charge < -0.3 is 15.2 Å². The third-order valence-corrected chi connectivity index (χ3v) is 4.51. The number of rotatable bonds is 6. The average molecular weight is 434 g/mol. The Bertz CT molecular complexity index is 447. The van der Waals surface area contributed by atoms with Gasteiger partial charge in [-0.3, -0.25) is 4.99 Å². The van der Waals surface area contributed by atoms with Crippen molar-refractivity contribution < 1.29 is 0 Å². The Morgan fingerprint density at radius 3 is 2.48 bits per heavy atom. The molecule has 1 saturated carbocycles. The van der Waals surface area contributed by atoms with Gasteiger partial charge in [-0.15, -0.1) is 34.2 Å². The van der Waals surface area contributed by atoms with E-state index in [4.69, 9.17) is 0 Å². The molecule has 1 fully saturated rings. The molecule has 1 aliphatic carbocycles. The Labute approximate surface area is 157 Å². The number of aliphatic imine (C=N–C) groups is 1. The van der Waals surface area contributed by atoms with E-state index in [0.29, 0.717) is 11.5 Å². The van der Waals surface area contributed by atoms with E-state index in [9.17, 15) is 0 Å². The maximum Gasteiger partial charge on any atom is 0.191 e. The average Bonchev–Trinajstić information content (AvgIpc) is 3.01. The first-order chi connectivity index (χ1) is 10.6. The number of nitrogens with zero attached hydrogens (tertiary/aromatic N) is 4. The summed E-state index contributed by atoms with van der Waals surface area (Å²) in [6.07, 6.45) is 10.8. The molecule has 7 heteroatoms. The fourth-order valence-corrected chi connectivity index (χ4v) is 2.90. The molecule has 23 heavy (non-hydrogen) atoms. The van der Waals surface area contributed by atoms with Gasteiger partial charge in [-0.1, -0.05) is 13.8 Å². The quantitative estimate of drug-likeness (QED) is 0.313. The smallest absolute Gasteiger partial charge is 0.191 e. The normalized spacial score (nSPS) is 18.3. The summed E-state index contributed by atoms with van der Waals surface area (Å²) in [6, 6.07) is 0.566. The Hall–Kier alpha value is -0.860. The van der Waals surface area contributed by atoms with Crippen LogP contribution >= 0.6 is 24.0 Å². The van der Waals surface area contributed by atoms with Gasteiger partial charge in [-0.25, -0.2) is 0 Å². The largest absolute Gasteiger partial charge is 0.356 e. The molecule has 1 aliphatic rings. The molecule has 0 unspecified atom stereocenters. The minimum Gasteiger partial charge on any atom is -0.356 e. The molecule has 2 rings (SSSR count). The molecular weight excluding hydrogens is 403 g/mol. The van der Waals surface area contributed by atoms with E-state index in [1.807, 2.05) is 11.6 Å². The van der Waals surface area contributed by atoms with Crippen molar-refractivity contribution in [3.05, 3.63) is 12.7 Å². The van der Waals surface area contributed by atoms with Crippen LogP contribution in [-0.2, 0) is 6.54 Å². The van der Waals surface area contributed by atoms with Crippen molar-refractivity contribution >= 4 is 29.9 Å². The van der Waals surface area contributed by atoms with Crippen LogP contribution in [0.15, 0.2) is 17.6 Å². The highest BCUT2D eigenvalue weighted by Gasteiger charge is 2.26. The summed E-state index contributed by atoms with van der Waals surface area (Å²) in [6.45, 7) is 6.65. The number of hydrogen-bond acceptors (Lipinski definition) is 3. The number of nitrogens with one attached hydrogen (secondary N) is 2. The standard InChI is InChI=1S/C16H30N6.HI/c1-16(2)8-6-14(7-9-16)21-15(17-3)18-10-4-5-11-22-12-19-20-13-22;/h12-14H,4-11H2,1-3H3,(H2,17,18,21);1H. The highest BCUT2D eigenvalue weighted by molar-refractivity contribution is 14.0. The number of unbranched alkanes of at least 4 members (excludes halogenated alkanes) is 1. The second-order valence-electron chi connectivity index (χ2n) is 6.99. The molecule has 0 amide bonds. The summed E-state index contributed by atoms with van der Waals surface area (Å²) >= 11 is 0. The lowest BCUT2D eigenvalue weighted by Gasteiger charge is -2.35. The van der Waals surface area contributed by atoms with Crippen LogP contribution in [0.1, 0.15) is 52.4 Å². The lowest BCUT2D eigenvalue weighted by molar-refractivity contribution is 0.216. The summed E-state index contributed by atoms with van der Waals surface area (Å²) in [5.41, 5.74) is 0.511. The molecule has 1 heterocycles. The number of aryl methyl sites for hydroxylation is 1. The molecule has 0 radical (unpaired) electrons. The van der Waals surface area contributed by atoms with Gasteiger partial charge in [-0.2, -0.15) is 0 Å². The number of halogens is 1. The number of guanidine groups is 1. The van der Waals surface area contributed by atoms with Crippen molar-refractivity contribution in [3.8, 4) is 0 Å². The van der Waals surface area contributed by atoms with E-state index >= 15 is 0 Å². The van der Waals surface area contributed by atoms with Crippen molar-refractivity contribution in [3.63, 3.8) is 0 Å². The minimum absolute atomic E-state index is 0. The molecule has 0 aliphatic heterocycles. The van der Waals surface area contributed by atoms with Crippen LogP contribution in [0.5, 0.6) is 0 Å². The monoisotopic (exact) mass is 434 g/mol. The zero-order valence-corrected chi connectivity index (χ0v) is 16.9. The van der Waals surface area contributed by atoms with Gasteiger partial charge in [0.25, 0.3) is 0 Å². The van der Waals surface area contributed by atoms with E-state index in [1.165, 1.54) is 25.7 Å². The highest BCUT2D eigenvalue weighted by Crippen LogP contribution is 2.34. The summed E-state index contributed by atoms with van der Waals surface area (Å²) in [4.78, 5) is 4.34. The van der Waals surface area contributed by atoms with Crippen molar-refractivity contribution in [2.45, 2.75) is 65.0 Å². The molecule has 2 N–H and O–H groups in total. The first kappa shape index (κ1) is 20.2. The van der Waals surface area contributed by atoms with Gasteiger partial charge in [0.2, 0.25) is 0 Å². The van der Waals surface area contributed by atoms with Crippen LogP contribution in [0.4, 0.5) is 0 Å². The molecule has 6 nitrogen and oxygen atoms in total. The van der Waals surface area contributed by atoms with Crippen LogP contribution in [0.3, 0.4) is 0 Å². The summed E-state index contributed by atoms with van der Waals surface area (Å²) in [5, 5.41) is 14.6. The fraction of sp³-hybridized carbons (Fsp3) is 0.812. The van der Waals surface area contributed by atoms with Crippen molar-refractivity contribution in [1.82, 2.24) is 25.4 Å². The zero-order chi connectivity index (χ0) is 15.8. The topological polar surface area (TPSA) is 67.1 Å². The molecule has 132 valence electrons. The Balaban J connectivity index is 0.00000264. The van der Waals surface area contributed by atoms with E-state index in [0.717, 1.165) is 31.9 Å². The van der Waals surface area contributed by atoms with Crippen LogP contribution < -0.4 is 10.6 Å². The summed E-state index contributed by atoms with van der Waals surface area (Å²) in [5.74, 6) is 0.939. The van der Waals surface area contributed by atoms with Gasteiger partial charge in [-0.05, 0) is 43.9 Å². The molecule has 0 saturated heterocycles. The van der Waals surface area contributed by atoms with Gasteiger partial charge >= 0.3 is 0 Å². The van der Waals surface area contributed by atoms with Crippen LogP contribution in [0, 0.1) is 5.41 Å². The Morgan fingerprint density at radius 1 is 1.22 bits per heavy atom. The van der Waals surface area contributed by atoms with Crippen LogP contribution in [0.25, 0.3) is 0 Å². The van der Waals surface area contributed by atoms with Gasteiger partial charge in [0.05, 0.1) is 0 Å². The molecule has 1 aromatic rings. The molecule has 0 atom stereocenters. The first-order valence-electron chi connectivity index (χ1n) is 8.39. The molecule has 1 aromatic heterocycles. The van der Waals surface area contributed by atoms with Crippen LogP contribution in [-0.4, -0.2) is 40.4 Å². The lowest BCUT2D eigenvalue weighted by atomic mass is 9.75. The van der Waals surface area contributed by atoms with Crippen LogP contribution in [0.2, 0.25) is 0 Å². The van der Waals surface area contributed by atoms with E-state index in [2.05, 4.69) is 39.7 Å². The second-order valence-corrected chi connectivity index (χ2v) is 6.99. The van der Waals surface area contributed by atoms with Gasteiger partial charge in [0, 0.05) is 26.2 Å². The lowest BCUT2D eigenvalue weighted by Crippen LogP contribution is -2.45. The molecular formula is C16H31IN6. The summed E-state index contributed by atoms with van der Waals surface area (Å²) in [7, 11) is 1.85. The Kier molecular flexibility index (Phi) is 8.86. The molecule has 0 bridgehead atoms.